The first-order chi connectivity index (χ1) is 8.55. The molecular formula is C10H18N4O2S2. The SMILES string of the molecule is CCC(CSC)NS(=O)(=O)c1cnccc1NN. The topological polar surface area (TPSA) is 97.1 Å². The molecule has 1 aromatic rings. The minimum absolute atomic E-state index is 0.0621. The van der Waals surface area contributed by atoms with Gasteiger partial charge in [0.2, 0.25) is 10.0 Å². The van der Waals surface area contributed by atoms with Crippen molar-refractivity contribution < 1.29 is 8.42 Å². The van der Waals surface area contributed by atoms with E-state index < -0.39 is 10.0 Å². The Bertz CT molecular complexity index is 479. The number of hydrogen-bond acceptors (Lipinski definition) is 6. The summed E-state index contributed by atoms with van der Waals surface area (Å²) in [7, 11) is -3.60. The zero-order valence-corrected chi connectivity index (χ0v) is 12.0. The standard InChI is InChI=1S/C10H18N4O2S2/c1-3-8(7-17-2)14-18(15,16)10-6-12-5-4-9(10)13-11/h4-6,8,14H,3,7,11H2,1-2H3,(H,12,13). The van der Waals surface area contributed by atoms with Gasteiger partial charge in [0.05, 0.1) is 5.69 Å². The highest BCUT2D eigenvalue weighted by Crippen LogP contribution is 2.19. The van der Waals surface area contributed by atoms with Crippen molar-refractivity contribution in [3.05, 3.63) is 18.5 Å². The second-order valence-corrected chi connectivity index (χ2v) is 6.29. The Kier molecular flexibility index (Phi) is 5.86. The van der Waals surface area contributed by atoms with Crippen molar-refractivity contribution in [3.8, 4) is 0 Å². The molecule has 0 aromatic carbocycles. The third kappa shape index (κ3) is 3.84. The number of nitrogens with two attached hydrogens (primary N) is 1. The second kappa shape index (κ2) is 6.93. The summed E-state index contributed by atoms with van der Waals surface area (Å²) in [4.78, 5) is 3.88. The molecule has 1 heterocycles. The van der Waals surface area contributed by atoms with Crippen molar-refractivity contribution in [2.45, 2.75) is 24.3 Å². The van der Waals surface area contributed by atoms with E-state index in [1.54, 1.807) is 11.8 Å². The Morgan fingerprint density at radius 2 is 2.28 bits per heavy atom. The number of sulfonamides is 1. The predicted octanol–water partition coefficient (Wildman–Crippen LogP) is 0.787. The van der Waals surface area contributed by atoms with Gasteiger partial charge in [-0.3, -0.25) is 10.8 Å². The molecule has 0 fully saturated rings. The van der Waals surface area contributed by atoms with E-state index in [0.717, 1.165) is 12.2 Å². The zero-order chi connectivity index (χ0) is 13.6. The summed E-state index contributed by atoms with van der Waals surface area (Å²) >= 11 is 1.60. The van der Waals surface area contributed by atoms with Crippen LogP contribution in [0.1, 0.15) is 13.3 Å². The summed E-state index contributed by atoms with van der Waals surface area (Å²) in [6, 6.07) is 1.42. The summed E-state index contributed by atoms with van der Waals surface area (Å²) in [5.74, 6) is 6.02. The molecule has 102 valence electrons. The lowest BCUT2D eigenvalue weighted by Gasteiger charge is -2.17. The lowest BCUT2D eigenvalue weighted by molar-refractivity contribution is 0.558. The maximum atomic E-state index is 12.2. The smallest absolute Gasteiger partial charge is 0.244 e. The molecule has 18 heavy (non-hydrogen) atoms. The number of aromatic nitrogens is 1. The fourth-order valence-electron chi connectivity index (χ4n) is 1.43. The Hall–Kier alpha value is -0.830. The van der Waals surface area contributed by atoms with Crippen molar-refractivity contribution in [2.75, 3.05) is 17.4 Å². The first-order valence-corrected chi connectivity index (χ1v) is 8.34. The number of nitrogens with one attached hydrogen (secondary N) is 2. The van der Waals surface area contributed by atoms with Crippen LogP contribution in [0.4, 0.5) is 5.69 Å². The van der Waals surface area contributed by atoms with Crippen LogP contribution in [-0.4, -0.2) is 31.5 Å². The first kappa shape index (κ1) is 15.2. The Labute approximate surface area is 112 Å². The third-order valence-electron chi connectivity index (χ3n) is 2.41. The van der Waals surface area contributed by atoms with Crippen molar-refractivity contribution in [1.29, 1.82) is 0 Å². The number of hydrogen-bond donors (Lipinski definition) is 3. The lowest BCUT2D eigenvalue weighted by atomic mass is 10.3. The Morgan fingerprint density at radius 1 is 1.56 bits per heavy atom. The molecule has 1 aromatic heterocycles. The van der Waals surface area contributed by atoms with Crippen LogP contribution < -0.4 is 16.0 Å². The second-order valence-electron chi connectivity index (χ2n) is 3.70. The van der Waals surface area contributed by atoms with Gasteiger partial charge >= 0.3 is 0 Å². The molecule has 0 spiro atoms. The van der Waals surface area contributed by atoms with Gasteiger partial charge in [0.25, 0.3) is 0 Å². The van der Waals surface area contributed by atoms with E-state index >= 15 is 0 Å². The minimum atomic E-state index is -3.60. The summed E-state index contributed by atoms with van der Waals surface area (Å²) in [5, 5.41) is 0. The molecule has 0 amide bonds. The van der Waals surface area contributed by atoms with Crippen LogP contribution in [0.2, 0.25) is 0 Å². The number of rotatable bonds is 7. The first-order valence-electron chi connectivity index (χ1n) is 5.47. The number of thioether (sulfide) groups is 1. The van der Waals surface area contributed by atoms with Crippen LogP contribution in [0, 0.1) is 0 Å². The Morgan fingerprint density at radius 3 is 2.83 bits per heavy atom. The van der Waals surface area contributed by atoms with E-state index in [4.69, 9.17) is 5.84 Å². The average molecular weight is 290 g/mol. The number of anilines is 1. The van der Waals surface area contributed by atoms with Gasteiger partial charge in [-0.05, 0) is 18.7 Å². The molecule has 0 aliphatic heterocycles. The summed E-state index contributed by atoms with van der Waals surface area (Å²) in [5.41, 5.74) is 2.69. The number of nitrogen functional groups attached to an aromatic ring is 1. The molecule has 4 N–H and O–H groups in total. The van der Waals surface area contributed by atoms with Crippen LogP contribution >= 0.6 is 11.8 Å². The number of pyridine rings is 1. The third-order valence-corrected chi connectivity index (χ3v) is 4.70. The molecule has 0 saturated heterocycles. The van der Waals surface area contributed by atoms with Gasteiger partial charge in [0, 0.05) is 24.2 Å². The highest BCUT2D eigenvalue weighted by Gasteiger charge is 2.21. The molecule has 0 radical (unpaired) electrons. The van der Waals surface area contributed by atoms with Crippen molar-refractivity contribution in [1.82, 2.24) is 9.71 Å². The van der Waals surface area contributed by atoms with Gasteiger partial charge in [-0.25, -0.2) is 13.1 Å². The molecule has 1 rings (SSSR count). The van der Waals surface area contributed by atoms with Crippen molar-refractivity contribution >= 4 is 27.5 Å². The van der Waals surface area contributed by atoms with Gasteiger partial charge in [-0.2, -0.15) is 11.8 Å². The summed E-state index contributed by atoms with van der Waals surface area (Å²) in [6.07, 6.45) is 5.43. The maximum absolute atomic E-state index is 12.2. The molecular weight excluding hydrogens is 272 g/mol. The van der Waals surface area contributed by atoms with E-state index in [1.165, 1.54) is 18.5 Å². The molecule has 0 aliphatic rings. The highest BCUT2D eigenvalue weighted by molar-refractivity contribution is 7.98. The fraction of sp³-hybridized carbons (Fsp3) is 0.500. The highest BCUT2D eigenvalue weighted by atomic mass is 32.2. The molecule has 1 unspecified atom stereocenters. The molecule has 1 atom stereocenters. The summed E-state index contributed by atoms with van der Waals surface area (Å²) in [6.45, 7) is 1.94. The van der Waals surface area contributed by atoms with Crippen LogP contribution in [-0.2, 0) is 10.0 Å². The molecule has 0 aliphatic carbocycles. The van der Waals surface area contributed by atoms with Gasteiger partial charge in [-0.15, -0.1) is 0 Å². The van der Waals surface area contributed by atoms with Gasteiger partial charge < -0.3 is 5.43 Å². The maximum Gasteiger partial charge on any atom is 0.244 e. The van der Waals surface area contributed by atoms with Gasteiger partial charge in [0.15, 0.2) is 0 Å². The molecule has 8 heteroatoms. The molecule has 0 saturated carbocycles. The van der Waals surface area contributed by atoms with Gasteiger partial charge in [0.1, 0.15) is 4.90 Å². The fourth-order valence-corrected chi connectivity index (χ4v) is 3.69. The van der Waals surface area contributed by atoms with Crippen molar-refractivity contribution in [2.24, 2.45) is 5.84 Å². The molecule has 6 nitrogen and oxygen atoms in total. The summed E-state index contributed by atoms with van der Waals surface area (Å²) < 4.78 is 27.1. The van der Waals surface area contributed by atoms with E-state index in [0.29, 0.717) is 5.69 Å². The monoisotopic (exact) mass is 290 g/mol. The van der Waals surface area contributed by atoms with Crippen LogP contribution in [0.3, 0.4) is 0 Å². The number of hydrazine groups is 1. The van der Waals surface area contributed by atoms with Crippen LogP contribution in [0.5, 0.6) is 0 Å². The van der Waals surface area contributed by atoms with Gasteiger partial charge in [-0.1, -0.05) is 6.92 Å². The zero-order valence-electron chi connectivity index (χ0n) is 10.4. The minimum Gasteiger partial charge on any atom is -0.323 e. The largest absolute Gasteiger partial charge is 0.323 e. The van der Waals surface area contributed by atoms with Crippen molar-refractivity contribution in [3.63, 3.8) is 0 Å². The molecule has 0 bridgehead atoms. The van der Waals surface area contributed by atoms with E-state index in [1.807, 2.05) is 13.2 Å². The van der Waals surface area contributed by atoms with E-state index in [9.17, 15) is 8.42 Å². The van der Waals surface area contributed by atoms with E-state index in [2.05, 4.69) is 15.1 Å². The Balaban J connectivity index is 2.98. The number of nitrogens with zero attached hydrogens (tertiary/aromatic N) is 1. The quantitative estimate of drug-likeness (QED) is 0.507. The average Bonchev–Trinajstić information content (AvgIpc) is 2.38. The van der Waals surface area contributed by atoms with Crippen LogP contribution in [0.15, 0.2) is 23.4 Å². The van der Waals surface area contributed by atoms with E-state index in [-0.39, 0.29) is 10.9 Å². The predicted molar refractivity (Wildman–Crippen MR) is 74.8 cm³/mol. The van der Waals surface area contributed by atoms with Crippen LogP contribution in [0.25, 0.3) is 0 Å². The lowest BCUT2D eigenvalue weighted by Crippen LogP contribution is -2.36. The normalized spacial score (nSPS) is 13.3.